The lowest BCUT2D eigenvalue weighted by Crippen LogP contribution is -2.48. The zero-order valence-electron chi connectivity index (χ0n) is 15.6. The zero-order valence-corrected chi connectivity index (χ0v) is 15.6. The molecule has 1 N–H and O–H groups in total. The van der Waals surface area contributed by atoms with Crippen molar-refractivity contribution in [1.29, 1.82) is 0 Å². The Hall–Kier alpha value is -3.15. The van der Waals surface area contributed by atoms with Gasteiger partial charge in [-0.2, -0.15) is 0 Å². The van der Waals surface area contributed by atoms with Crippen LogP contribution in [0.5, 0.6) is 5.75 Å². The van der Waals surface area contributed by atoms with Crippen LogP contribution in [0.4, 0.5) is 4.79 Å². The average Bonchev–Trinajstić information content (AvgIpc) is 3.18. The molecular formula is C22H21N3O3. The van der Waals surface area contributed by atoms with Gasteiger partial charge in [0.1, 0.15) is 11.8 Å². The van der Waals surface area contributed by atoms with E-state index in [-0.39, 0.29) is 23.7 Å². The molecule has 3 atom stereocenters. The van der Waals surface area contributed by atoms with Crippen LogP contribution in [0, 0.1) is 0 Å². The predicted molar refractivity (Wildman–Crippen MR) is 103 cm³/mol. The molecule has 2 aromatic carbocycles. The van der Waals surface area contributed by atoms with Crippen molar-refractivity contribution in [3.63, 3.8) is 0 Å². The number of piperidine rings is 1. The summed E-state index contributed by atoms with van der Waals surface area (Å²) in [5, 5.41) is 12.0. The number of para-hydroxylation sites is 1. The van der Waals surface area contributed by atoms with Crippen LogP contribution in [0.3, 0.4) is 0 Å². The maximum absolute atomic E-state index is 13.2. The van der Waals surface area contributed by atoms with Crippen LogP contribution in [0.2, 0.25) is 0 Å². The number of carbonyl (C=O) groups is 2. The summed E-state index contributed by atoms with van der Waals surface area (Å²) < 4.78 is 0. The smallest absolute Gasteiger partial charge is 0.328 e. The second-order valence-electron chi connectivity index (χ2n) is 7.56. The van der Waals surface area contributed by atoms with E-state index < -0.39 is 12.1 Å². The number of hydrogen-bond acceptors (Lipinski definition) is 4. The van der Waals surface area contributed by atoms with Crippen molar-refractivity contribution >= 4 is 17.5 Å². The molecule has 6 nitrogen and oxygen atoms in total. The van der Waals surface area contributed by atoms with Crippen molar-refractivity contribution in [2.24, 2.45) is 4.99 Å². The average molecular weight is 375 g/mol. The Morgan fingerprint density at radius 2 is 1.96 bits per heavy atom. The molecule has 3 aliphatic heterocycles. The molecule has 3 aliphatic rings. The number of rotatable bonds is 3. The van der Waals surface area contributed by atoms with Crippen molar-refractivity contribution in [3.8, 4) is 5.75 Å². The van der Waals surface area contributed by atoms with Crippen LogP contribution in [0.15, 0.2) is 53.5 Å². The van der Waals surface area contributed by atoms with Crippen molar-refractivity contribution in [2.75, 3.05) is 6.54 Å². The van der Waals surface area contributed by atoms with Gasteiger partial charge >= 0.3 is 6.03 Å². The Bertz CT molecular complexity index is 1110. The highest BCUT2D eigenvalue weighted by atomic mass is 16.3. The number of imide groups is 1. The summed E-state index contributed by atoms with van der Waals surface area (Å²) in [5.74, 6) is 0.00686. The number of nitrogens with zero attached hydrogens (tertiary/aromatic N) is 3. The van der Waals surface area contributed by atoms with Crippen LogP contribution in [-0.4, -0.2) is 45.5 Å². The molecular weight excluding hydrogens is 354 g/mol. The number of amides is 3. The third kappa shape index (κ3) is 2.30. The van der Waals surface area contributed by atoms with Gasteiger partial charge in [0.05, 0.1) is 17.4 Å². The second-order valence-corrected chi connectivity index (χ2v) is 7.56. The Kier molecular flexibility index (Phi) is 3.75. The summed E-state index contributed by atoms with van der Waals surface area (Å²) in [6.45, 7) is 2.38. The van der Waals surface area contributed by atoms with Crippen LogP contribution >= 0.6 is 0 Å². The molecule has 5 rings (SSSR count). The monoisotopic (exact) mass is 375 g/mol. The zero-order chi connectivity index (χ0) is 19.4. The van der Waals surface area contributed by atoms with Gasteiger partial charge in [-0.25, -0.2) is 4.79 Å². The van der Waals surface area contributed by atoms with Gasteiger partial charge < -0.3 is 10.0 Å². The third-order valence-corrected chi connectivity index (χ3v) is 5.89. The fourth-order valence-corrected chi connectivity index (χ4v) is 4.74. The van der Waals surface area contributed by atoms with Gasteiger partial charge in [0.15, 0.2) is 0 Å². The van der Waals surface area contributed by atoms with Crippen molar-refractivity contribution in [1.82, 2.24) is 9.80 Å². The summed E-state index contributed by atoms with van der Waals surface area (Å²) in [7, 11) is 0. The largest absolute Gasteiger partial charge is 0.508 e. The first-order valence-electron chi connectivity index (χ1n) is 9.68. The maximum Gasteiger partial charge on any atom is 0.328 e. The fraction of sp³-hybridized carbons (Fsp3) is 0.318. The number of aromatic hydroxyl groups is 1. The normalized spacial score (nSPS) is 25.5. The van der Waals surface area contributed by atoms with Gasteiger partial charge in [-0.3, -0.25) is 14.7 Å². The first-order valence-corrected chi connectivity index (χ1v) is 9.68. The van der Waals surface area contributed by atoms with Crippen LogP contribution in [-0.2, 0) is 4.79 Å². The van der Waals surface area contributed by atoms with E-state index in [1.54, 1.807) is 23.1 Å². The minimum Gasteiger partial charge on any atom is -0.508 e. The molecule has 3 heterocycles. The highest BCUT2D eigenvalue weighted by Gasteiger charge is 2.54. The number of carbonyl (C=O) groups excluding carboxylic acids is 2. The van der Waals surface area contributed by atoms with Crippen molar-refractivity contribution in [2.45, 2.75) is 37.9 Å². The molecule has 3 amide bonds. The van der Waals surface area contributed by atoms with E-state index in [9.17, 15) is 14.7 Å². The van der Waals surface area contributed by atoms with Crippen molar-refractivity contribution in [3.05, 3.63) is 64.7 Å². The molecule has 6 heteroatoms. The number of phenolic OH excluding ortho intramolecular Hbond substituents is 1. The van der Waals surface area contributed by atoms with Gasteiger partial charge in [-0.05, 0) is 35.8 Å². The molecule has 2 fully saturated rings. The second kappa shape index (κ2) is 6.19. The maximum atomic E-state index is 13.2. The summed E-state index contributed by atoms with van der Waals surface area (Å²) >= 11 is 0. The van der Waals surface area contributed by atoms with E-state index in [4.69, 9.17) is 4.99 Å². The quantitative estimate of drug-likeness (QED) is 0.831. The Morgan fingerprint density at radius 3 is 2.75 bits per heavy atom. The lowest BCUT2D eigenvalue weighted by Gasteiger charge is -2.40. The molecule has 142 valence electrons. The molecule has 28 heavy (non-hydrogen) atoms. The molecule has 2 saturated heterocycles. The number of fused-ring (bicyclic) bond motifs is 3. The fourth-order valence-electron chi connectivity index (χ4n) is 4.74. The lowest BCUT2D eigenvalue weighted by atomic mass is 9.83. The Balaban J connectivity index is 1.71. The molecule has 1 unspecified atom stereocenters. The van der Waals surface area contributed by atoms with Crippen LogP contribution in [0.1, 0.15) is 31.4 Å². The predicted octanol–water partition coefficient (Wildman–Crippen LogP) is 1.73. The van der Waals surface area contributed by atoms with Crippen molar-refractivity contribution < 1.29 is 14.7 Å². The number of benzene rings is 2. The number of hydrogen-bond donors (Lipinski definition) is 1. The van der Waals surface area contributed by atoms with Crippen LogP contribution < -0.4 is 10.6 Å². The highest BCUT2D eigenvalue weighted by Crippen LogP contribution is 2.44. The minimum atomic E-state index is -0.515. The molecule has 0 aromatic heterocycles. The first-order chi connectivity index (χ1) is 13.6. The SMILES string of the molecule is CCCN1C(=O)[C@@H]2CC3=c4ccccc4=NC3[C@@H](c3cccc(O)c3)N2C1=O. The van der Waals surface area contributed by atoms with E-state index in [0.717, 1.165) is 28.1 Å². The van der Waals surface area contributed by atoms with E-state index in [1.165, 1.54) is 4.90 Å². The van der Waals surface area contributed by atoms with Gasteiger partial charge in [-0.1, -0.05) is 37.3 Å². The van der Waals surface area contributed by atoms with E-state index >= 15 is 0 Å². The highest BCUT2D eigenvalue weighted by molar-refractivity contribution is 6.05. The van der Waals surface area contributed by atoms with Gasteiger partial charge in [0.25, 0.3) is 5.91 Å². The molecule has 2 aromatic rings. The minimum absolute atomic E-state index is 0.132. The summed E-state index contributed by atoms with van der Waals surface area (Å²) in [4.78, 5) is 34.2. The van der Waals surface area contributed by atoms with Gasteiger partial charge in [-0.15, -0.1) is 0 Å². The van der Waals surface area contributed by atoms with Gasteiger partial charge in [0.2, 0.25) is 0 Å². The number of urea groups is 1. The summed E-state index contributed by atoms with van der Waals surface area (Å²) in [5.41, 5.74) is 1.90. The summed E-state index contributed by atoms with van der Waals surface area (Å²) in [6, 6.07) is 13.4. The molecule has 0 bridgehead atoms. The molecule has 0 spiro atoms. The third-order valence-electron chi connectivity index (χ3n) is 5.89. The van der Waals surface area contributed by atoms with Crippen LogP contribution in [0.25, 0.3) is 5.57 Å². The summed E-state index contributed by atoms with van der Waals surface area (Å²) in [6.07, 6.45) is 1.23. The van der Waals surface area contributed by atoms with Gasteiger partial charge in [0, 0.05) is 18.2 Å². The van der Waals surface area contributed by atoms with E-state index in [2.05, 4.69) is 0 Å². The lowest BCUT2D eigenvalue weighted by molar-refractivity contribution is -0.128. The first kappa shape index (κ1) is 17.0. The Labute approximate surface area is 162 Å². The van der Waals surface area contributed by atoms with E-state index in [0.29, 0.717) is 13.0 Å². The molecule has 0 saturated carbocycles. The Morgan fingerprint density at radius 1 is 1.14 bits per heavy atom. The standard InChI is InChI=1S/C22H21N3O3/c1-2-10-24-21(27)18-12-16-15-8-3-4-9-17(15)23-19(16)20(25(18)22(24)28)13-6-5-7-14(26)11-13/h3-9,11,18-20,26H,2,10,12H2,1H3/t18-,19?,20+/m0/s1. The van der Waals surface area contributed by atoms with E-state index in [1.807, 2.05) is 37.3 Å². The molecule has 0 aliphatic carbocycles. The topological polar surface area (TPSA) is 73.2 Å². The molecule has 0 radical (unpaired) electrons. The number of phenols is 1.